The van der Waals surface area contributed by atoms with Gasteiger partial charge in [-0.1, -0.05) is 11.8 Å². The van der Waals surface area contributed by atoms with E-state index in [9.17, 15) is 0 Å². The van der Waals surface area contributed by atoms with Gasteiger partial charge in [0.25, 0.3) is 0 Å². The number of hydrogen-bond donors (Lipinski definition) is 1. The number of aliphatic hydroxyl groups excluding tert-OH is 1. The molecule has 3 nitrogen and oxygen atoms in total. The average molecular weight is 246 g/mol. The van der Waals surface area contributed by atoms with Gasteiger partial charge in [0.05, 0.1) is 18.8 Å². The van der Waals surface area contributed by atoms with Crippen LogP contribution in [0.5, 0.6) is 0 Å². The van der Waals surface area contributed by atoms with Crippen LogP contribution in [0, 0.1) is 18.8 Å². The molecule has 2 aromatic rings. The molecule has 0 aliphatic heterocycles. The second kappa shape index (κ2) is 5.67. The van der Waals surface area contributed by atoms with Gasteiger partial charge in [-0.25, -0.2) is 0 Å². The topological polar surface area (TPSA) is 38.0 Å². The van der Waals surface area contributed by atoms with Crippen LogP contribution in [0.1, 0.15) is 22.6 Å². The van der Waals surface area contributed by atoms with Crippen molar-refractivity contribution in [3.63, 3.8) is 0 Å². The van der Waals surface area contributed by atoms with E-state index < -0.39 is 0 Å². The molecule has 0 saturated heterocycles. The van der Waals surface area contributed by atoms with Crippen LogP contribution in [0.2, 0.25) is 0 Å². The Morgan fingerprint density at radius 3 is 3.06 bits per heavy atom. The highest BCUT2D eigenvalue weighted by Gasteiger charge is 2.03. The van der Waals surface area contributed by atoms with Crippen LogP contribution < -0.4 is 0 Å². The summed E-state index contributed by atoms with van der Waals surface area (Å²) in [6.45, 7) is 2.85. The minimum Gasteiger partial charge on any atom is -0.395 e. The monoisotopic (exact) mass is 246 g/mol. The highest BCUT2D eigenvalue weighted by Crippen LogP contribution is 2.17. The number of aromatic nitrogens is 2. The molecule has 88 valence electrons. The third kappa shape index (κ3) is 3.19. The average Bonchev–Trinajstić information content (AvgIpc) is 2.90. The van der Waals surface area contributed by atoms with Crippen molar-refractivity contribution in [1.29, 1.82) is 0 Å². The minimum atomic E-state index is 0.116. The SMILES string of the molecule is Cc1ccn(Cc2sccc2C#CCCO)n1. The molecule has 17 heavy (non-hydrogen) atoms. The van der Waals surface area contributed by atoms with Crippen molar-refractivity contribution in [3.8, 4) is 11.8 Å². The van der Waals surface area contributed by atoms with Gasteiger partial charge in [-0.2, -0.15) is 5.10 Å². The summed E-state index contributed by atoms with van der Waals surface area (Å²) in [5.41, 5.74) is 2.06. The molecule has 0 fully saturated rings. The third-order valence-electron chi connectivity index (χ3n) is 2.28. The molecule has 4 heteroatoms. The Balaban J connectivity index is 2.12. The lowest BCUT2D eigenvalue weighted by molar-refractivity contribution is 0.305. The van der Waals surface area contributed by atoms with Gasteiger partial charge in [-0.3, -0.25) is 4.68 Å². The summed E-state index contributed by atoms with van der Waals surface area (Å²) in [7, 11) is 0. The second-order valence-electron chi connectivity index (χ2n) is 3.69. The third-order valence-corrected chi connectivity index (χ3v) is 3.19. The van der Waals surface area contributed by atoms with Crippen LogP contribution in [0.25, 0.3) is 0 Å². The first kappa shape index (κ1) is 11.9. The first-order valence-electron chi connectivity index (χ1n) is 5.46. The zero-order valence-electron chi connectivity index (χ0n) is 9.68. The second-order valence-corrected chi connectivity index (χ2v) is 4.69. The fourth-order valence-corrected chi connectivity index (χ4v) is 2.31. The molecule has 2 aromatic heterocycles. The Hall–Kier alpha value is -1.57. The highest BCUT2D eigenvalue weighted by atomic mass is 32.1. The lowest BCUT2D eigenvalue weighted by Crippen LogP contribution is -1.99. The van der Waals surface area contributed by atoms with Crippen molar-refractivity contribution >= 4 is 11.3 Å². The maximum absolute atomic E-state index is 8.69. The van der Waals surface area contributed by atoms with E-state index in [1.54, 1.807) is 11.3 Å². The van der Waals surface area contributed by atoms with Crippen molar-refractivity contribution in [2.45, 2.75) is 19.9 Å². The molecule has 2 heterocycles. The van der Waals surface area contributed by atoms with Crippen LogP contribution >= 0.6 is 11.3 Å². The fraction of sp³-hybridized carbons (Fsp3) is 0.308. The van der Waals surface area contributed by atoms with E-state index in [0.29, 0.717) is 6.42 Å². The van der Waals surface area contributed by atoms with Gasteiger partial charge in [0.2, 0.25) is 0 Å². The molecule has 2 rings (SSSR count). The normalized spacial score (nSPS) is 10.0. The van der Waals surface area contributed by atoms with Crippen LogP contribution in [0.4, 0.5) is 0 Å². The van der Waals surface area contributed by atoms with Crippen molar-refractivity contribution in [1.82, 2.24) is 9.78 Å². The Morgan fingerprint density at radius 2 is 2.35 bits per heavy atom. The molecular formula is C13H14N2OS. The Labute approximate surface area is 105 Å². The summed E-state index contributed by atoms with van der Waals surface area (Å²) in [6.07, 6.45) is 2.50. The number of rotatable bonds is 3. The predicted molar refractivity (Wildman–Crippen MR) is 69.0 cm³/mol. The lowest BCUT2D eigenvalue weighted by Gasteiger charge is -1.99. The smallest absolute Gasteiger partial charge is 0.0764 e. The van der Waals surface area contributed by atoms with Gasteiger partial charge in [-0.05, 0) is 24.4 Å². The highest BCUT2D eigenvalue weighted by molar-refractivity contribution is 7.10. The van der Waals surface area contributed by atoms with Gasteiger partial charge >= 0.3 is 0 Å². The molecule has 0 radical (unpaired) electrons. The summed E-state index contributed by atoms with van der Waals surface area (Å²) < 4.78 is 1.92. The van der Waals surface area contributed by atoms with Gasteiger partial charge in [-0.15, -0.1) is 11.3 Å². The molecule has 0 aliphatic rings. The standard InChI is InChI=1S/C13H14N2OS/c1-11-5-7-15(14-11)10-13-12(6-9-17-13)4-2-3-8-16/h5-7,9,16H,3,8,10H2,1H3. The van der Waals surface area contributed by atoms with Crippen molar-refractivity contribution in [2.75, 3.05) is 6.61 Å². The molecule has 0 unspecified atom stereocenters. The molecule has 0 aliphatic carbocycles. The van der Waals surface area contributed by atoms with Crippen molar-refractivity contribution in [3.05, 3.63) is 39.8 Å². The van der Waals surface area contributed by atoms with Crippen molar-refractivity contribution in [2.24, 2.45) is 0 Å². The Morgan fingerprint density at radius 1 is 1.47 bits per heavy atom. The van der Waals surface area contributed by atoms with E-state index in [0.717, 1.165) is 17.8 Å². The van der Waals surface area contributed by atoms with E-state index in [2.05, 4.69) is 16.9 Å². The van der Waals surface area contributed by atoms with Gasteiger partial charge < -0.3 is 5.11 Å². The van der Waals surface area contributed by atoms with E-state index in [-0.39, 0.29) is 6.61 Å². The minimum absolute atomic E-state index is 0.116. The number of thiophene rings is 1. The first-order chi connectivity index (χ1) is 8.29. The summed E-state index contributed by atoms with van der Waals surface area (Å²) in [5.74, 6) is 6.03. The first-order valence-corrected chi connectivity index (χ1v) is 6.33. The Kier molecular flexibility index (Phi) is 3.97. The summed E-state index contributed by atoms with van der Waals surface area (Å²) >= 11 is 1.69. The van der Waals surface area contributed by atoms with E-state index >= 15 is 0 Å². The predicted octanol–water partition coefficient (Wildman–Crippen LogP) is 2.04. The van der Waals surface area contributed by atoms with E-state index in [4.69, 9.17) is 5.11 Å². The van der Waals surface area contributed by atoms with E-state index in [1.807, 2.05) is 35.3 Å². The number of aliphatic hydroxyl groups is 1. The molecular weight excluding hydrogens is 232 g/mol. The van der Waals surface area contributed by atoms with Gasteiger partial charge in [0, 0.05) is 23.1 Å². The van der Waals surface area contributed by atoms with Crippen LogP contribution in [0.3, 0.4) is 0 Å². The molecule has 0 atom stereocenters. The number of nitrogens with zero attached hydrogens (tertiary/aromatic N) is 2. The van der Waals surface area contributed by atoms with Crippen molar-refractivity contribution < 1.29 is 5.11 Å². The number of hydrogen-bond acceptors (Lipinski definition) is 3. The van der Waals surface area contributed by atoms with E-state index in [1.165, 1.54) is 4.88 Å². The zero-order chi connectivity index (χ0) is 12.1. The molecule has 0 spiro atoms. The molecule has 1 N–H and O–H groups in total. The molecule has 0 amide bonds. The van der Waals surface area contributed by atoms with Gasteiger partial charge in [0.1, 0.15) is 0 Å². The Bertz CT molecular complexity index is 545. The lowest BCUT2D eigenvalue weighted by atomic mass is 10.2. The number of aryl methyl sites for hydroxylation is 1. The maximum atomic E-state index is 8.69. The summed E-state index contributed by atoms with van der Waals surface area (Å²) in [4.78, 5) is 1.21. The molecule has 0 saturated carbocycles. The maximum Gasteiger partial charge on any atom is 0.0764 e. The molecule has 0 aromatic carbocycles. The quantitative estimate of drug-likeness (QED) is 0.842. The summed E-state index contributed by atoms with van der Waals surface area (Å²) in [6, 6.07) is 4.01. The van der Waals surface area contributed by atoms with Gasteiger partial charge in [0.15, 0.2) is 0 Å². The summed E-state index contributed by atoms with van der Waals surface area (Å²) in [5, 5.41) is 15.1. The van der Waals surface area contributed by atoms with Crippen LogP contribution in [-0.4, -0.2) is 21.5 Å². The largest absolute Gasteiger partial charge is 0.395 e. The fourth-order valence-electron chi connectivity index (χ4n) is 1.49. The zero-order valence-corrected chi connectivity index (χ0v) is 10.5. The molecule has 0 bridgehead atoms. The van der Waals surface area contributed by atoms with Crippen LogP contribution in [0.15, 0.2) is 23.7 Å². The van der Waals surface area contributed by atoms with Crippen LogP contribution in [-0.2, 0) is 6.54 Å².